The van der Waals surface area contributed by atoms with E-state index in [9.17, 15) is 4.79 Å². The molecule has 0 saturated carbocycles. The highest BCUT2D eigenvalue weighted by molar-refractivity contribution is 6.07. The third-order valence-electron chi connectivity index (χ3n) is 7.78. The summed E-state index contributed by atoms with van der Waals surface area (Å²) in [5.41, 5.74) is 7.17. The van der Waals surface area contributed by atoms with Crippen LogP contribution in [0.5, 0.6) is 0 Å². The molecular formula is C27H30N4O. The minimum absolute atomic E-state index is 0.235. The Bertz CT molecular complexity index is 1210. The Hall–Kier alpha value is -2.92. The standard InChI is InChI=1S/C27H30N4O/c32-26-27(13-4-7-20-6-3-9-23(30-26)24(20)27)12-1-2-15-31-16-10-19(11-17-31)22-18-29-25-21(22)8-5-14-28-25/h3,5-6,8-10,14,18H,1-2,4,7,11-13,15-17H2,(H,28,29)(H,30,32). The summed E-state index contributed by atoms with van der Waals surface area (Å²) in [6.45, 7) is 3.20. The second-order valence-electron chi connectivity index (χ2n) is 9.57. The van der Waals surface area contributed by atoms with Crippen LogP contribution in [0.25, 0.3) is 16.6 Å². The van der Waals surface area contributed by atoms with Crippen LogP contribution in [0.15, 0.2) is 48.8 Å². The van der Waals surface area contributed by atoms with Crippen molar-refractivity contribution in [1.82, 2.24) is 14.9 Å². The van der Waals surface area contributed by atoms with E-state index in [4.69, 9.17) is 0 Å². The maximum Gasteiger partial charge on any atom is 0.235 e. The van der Waals surface area contributed by atoms with E-state index in [0.29, 0.717) is 0 Å². The van der Waals surface area contributed by atoms with Gasteiger partial charge < -0.3 is 10.3 Å². The number of hydrogen-bond donors (Lipinski definition) is 2. The number of H-pyrrole nitrogens is 1. The van der Waals surface area contributed by atoms with Crippen molar-refractivity contribution in [2.75, 3.05) is 25.0 Å². The van der Waals surface area contributed by atoms with Crippen molar-refractivity contribution in [1.29, 1.82) is 0 Å². The molecule has 2 aromatic heterocycles. The third kappa shape index (κ3) is 3.18. The Labute approximate surface area is 188 Å². The maximum atomic E-state index is 13.0. The molecule has 5 nitrogen and oxygen atoms in total. The molecule has 2 aliphatic heterocycles. The summed E-state index contributed by atoms with van der Waals surface area (Å²) in [5.74, 6) is 0.235. The van der Waals surface area contributed by atoms with Crippen LogP contribution in [0.1, 0.15) is 55.2 Å². The smallest absolute Gasteiger partial charge is 0.235 e. The summed E-state index contributed by atoms with van der Waals surface area (Å²) in [4.78, 5) is 23.2. The van der Waals surface area contributed by atoms with E-state index < -0.39 is 0 Å². The highest BCUT2D eigenvalue weighted by atomic mass is 16.2. The normalized spacial score (nSPS) is 22.6. The number of hydrogen-bond acceptors (Lipinski definition) is 3. The largest absolute Gasteiger partial charge is 0.346 e. The minimum Gasteiger partial charge on any atom is -0.346 e. The SMILES string of the molecule is O=C1Nc2cccc3c2C1(CCCCN1CC=C(c2c[nH]c4ncccc24)CC1)CCC3. The quantitative estimate of drug-likeness (QED) is 0.542. The first-order chi connectivity index (χ1) is 15.7. The number of benzene rings is 1. The number of carbonyl (C=O) groups is 1. The number of rotatable bonds is 6. The predicted molar refractivity (Wildman–Crippen MR) is 129 cm³/mol. The average molecular weight is 427 g/mol. The molecule has 2 N–H and O–H groups in total. The van der Waals surface area contributed by atoms with Gasteiger partial charge in [-0.15, -0.1) is 0 Å². The molecule has 32 heavy (non-hydrogen) atoms. The molecule has 164 valence electrons. The zero-order chi connectivity index (χ0) is 21.5. The van der Waals surface area contributed by atoms with Gasteiger partial charge in [0.2, 0.25) is 5.91 Å². The van der Waals surface area contributed by atoms with Crippen molar-refractivity contribution >= 4 is 28.2 Å². The van der Waals surface area contributed by atoms with Gasteiger partial charge in [-0.05, 0) is 80.0 Å². The molecule has 4 heterocycles. The number of pyridine rings is 1. The van der Waals surface area contributed by atoms with Crippen molar-refractivity contribution in [3.8, 4) is 0 Å². The molecule has 0 spiro atoms. The molecule has 1 atom stereocenters. The second-order valence-corrected chi connectivity index (χ2v) is 9.57. The number of unbranched alkanes of at least 4 members (excludes halogenated alkanes) is 1. The van der Waals surface area contributed by atoms with E-state index >= 15 is 0 Å². The van der Waals surface area contributed by atoms with Gasteiger partial charge in [-0.25, -0.2) is 4.98 Å². The van der Waals surface area contributed by atoms with Gasteiger partial charge in [0.25, 0.3) is 0 Å². The lowest BCUT2D eigenvalue weighted by molar-refractivity contribution is -0.121. The molecule has 0 bridgehead atoms. The van der Waals surface area contributed by atoms with Crippen LogP contribution in [-0.2, 0) is 16.6 Å². The van der Waals surface area contributed by atoms with Gasteiger partial charge in [0.15, 0.2) is 0 Å². The van der Waals surface area contributed by atoms with Gasteiger partial charge >= 0.3 is 0 Å². The summed E-state index contributed by atoms with van der Waals surface area (Å²) in [7, 11) is 0. The Morgan fingerprint density at radius 3 is 3.00 bits per heavy atom. The zero-order valence-corrected chi connectivity index (χ0v) is 18.5. The van der Waals surface area contributed by atoms with Crippen molar-refractivity contribution in [2.45, 2.75) is 50.4 Å². The summed E-state index contributed by atoms with van der Waals surface area (Å²) in [6.07, 6.45) is 13.8. The first-order valence-electron chi connectivity index (χ1n) is 12.0. The molecule has 0 saturated heterocycles. The number of carbonyl (C=O) groups excluding carboxylic acids is 1. The third-order valence-corrected chi connectivity index (χ3v) is 7.78. The lowest BCUT2D eigenvalue weighted by Crippen LogP contribution is -2.37. The van der Waals surface area contributed by atoms with E-state index in [1.807, 2.05) is 12.3 Å². The molecule has 1 unspecified atom stereocenters. The van der Waals surface area contributed by atoms with Crippen LogP contribution < -0.4 is 5.32 Å². The molecule has 1 aromatic carbocycles. The van der Waals surface area contributed by atoms with Crippen LogP contribution in [0.3, 0.4) is 0 Å². The van der Waals surface area contributed by atoms with E-state index in [-0.39, 0.29) is 11.3 Å². The average Bonchev–Trinajstić information content (AvgIpc) is 3.38. The number of nitrogens with one attached hydrogen (secondary N) is 2. The van der Waals surface area contributed by atoms with Gasteiger partial charge in [0.1, 0.15) is 5.65 Å². The monoisotopic (exact) mass is 426 g/mol. The molecular weight excluding hydrogens is 396 g/mol. The summed E-state index contributed by atoms with van der Waals surface area (Å²) in [6, 6.07) is 10.5. The van der Waals surface area contributed by atoms with Crippen molar-refractivity contribution in [3.63, 3.8) is 0 Å². The predicted octanol–water partition coefficient (Wildman–Crippen LogP) is 5.05. The fraction of sp³-hybridized carbons (Fsp3) is 0.407. The van der Waals surface area contributed by atoms with Gasteiger partial charge in [-0.3, -0.25) is 9.69 Å². The molecule has 1 aliphatic carbocycles. The Morgan fingerprint density at radius 2 is 2.09 bits per heavy atom. The highest BCUT2D eigenvalue weighted by Crippen LogP contribution is 2.49. The number of amides is 1. The highest BCUT2D eigenvalue weighted by Gasteiger charge is 2.48. The van der Waals surface area contributed by atoms with Gasteiger partial charge in [0, 0.05) is 42.1 Å². The van der Waals surface area contributed by atoms with Crippen LogP contribution in [-0.4, -0.2) is 40.4 Å². The van der Waals surface area contributed by atoms with Crippen LogP contribution in [0.4, 0.5) is 5.69 Å². The molecule has 3 aromatic rings. The van der Waals surface area contributed by atoms with Crippen molar-refractivity contribution in [3.05, 3.63) is 65.5 Å². The number of aromatic amines is 1. The Balaban J connectivity index is 1.07. The summed E-state index contributed by atoms with van der Waals surface area (Å²) >= 11 is 0. The molecule has 3 aliphatic rings. The minimum atomic E-state index is -0.275. The molecule has 0 radical (unpaired) electrons. The molecule has 1 amide bonds. The fourth-order valence-electron chi connectivity index (χ4n) is 6.16. The van der Waals surface area contributed by atoms with Gasteiger partial charge in [-0.2, -0.15) is 0 Å². The number of aromatic nitrogens is 2. The first kappa shape index (κ1) is 19.7. The Morgan fingerprint density at radius 1 is 1.12 bits per heavy atom. The lowest BCUT2D eigenvalue weighted by Gasteiger charge is -2.33. The van der Waals surface area contributed by atoms with E-state index in [1.54, 1.807) is 0 Å². The van der Waals surface area contributed by atoms with Crippen LogP contribution in [0.2, 0.25) is 0 Å². The second kappa shape index (κ2) is 7.89. The number of fused-ring (bicyclic) bond motifs is 1. The lowest BCUT2D eigenvalue weighted by atomic mass is 9.68. The number of aryl methyl sites for hydroxylation is 1. The van der Waals surface area contributed by atoms with Crippen LogP contribution >= 0.6 is 0 Å². The first-order valence-corrected chi connectivity index (χ1v) is 12.0. The Kier molecular flexibility index (Phi) is 4.87. The fourth-order valence-corrected chi connectivity index (χ4v) is 6.16. The molecule has 6 rings (SSSR count). The van der Waals surface area contributed by atoms with Crippen molar-refractivity contribution in [2.24, 2.45) is 0 Å². The maximum absolute atomic E-state index is 13.0. The van der Waals surface area contributed by atoms with Crippen molar-refractivity contribution < 1.29 is 4.79 Å². The van der Waals surface area contributed by atoms with Crippen LogP contribution in [0, 0.1) is 0 Å². The molecule has 5 heteroatoms. The van der Waals surface area contributed by atoms with Gasteiger partial charge in [0.05, 0.1) is 5.41 Å². The van der Waals surface area contributed by atoms with E-state index in [0.717, 1.165) is 75.9 Å². The van der Waals surface area contributed by atoms with E-state index in [1.165, 1.54) is 27.6 Å². The summed E-state index contributed by atoms with van der Waals surface area (Å²) in [5, 5.41) is 4.39. The zero-order valence-electron chi connectivity index (χ0n) is 18.5. The number of nitrogens with zero attached hydrogens (tertiary/aromatic N) is 2. The number of anilines is 1. The summed E-state index contributed by atoms with van der Waals surface area (Å²) < 4.78 is 0. The van der Waals surface area contributed by atoms with Gasteiger partial charge in [-0.1, -0.05) is 24.6 Å². The topological polar surface area (TPSA) is 61.0 Å². The van der Waals surface area contributed by atoms with E-state index in [2.05, 4.69) is 56.7 Å². The molecule has 0 fully saturated rings.